The fourth-order valence-electron chi connectivity index (χ4n) is 3.48. The Labute approximate surface area is 164 Å². The van der Waals surface area contributed by atoms with Gasteiger partial charge >= 0.3 is 0 Å². The molecular formula is C22H23N3O3. The summed E-state index contributed by atoms with van der Waals surface area (Å²) in [4.78, 5) is 28.9. The molecule has 6 nitrogen and oxygen atoms in total. The van der Waals surface area contributed by atoms with E-state index in [0.717, 1.165) is 17.0 Å². The lowest BCUT2D eigenvalue weighted by atomic mass is 10.1. The van der Waals surface area contributed by atoms with Gasteiger partial charge in [-0.15, -0.1) is 0 Å². The number of hydrogen-bond donors (Lipinski definition) is 1. The van der Waals surface area contributed by atoms with Crippen LogP contribution >= 0.6 is 0 Å². The second-order valence-corrected chi connectivity index (χ2v) is 6.98. The zero-order valence-corrected chi connectivity index (χ0v) is 15.6. The molecule has 28 heavy (non-hydrogen) atoms. The number of nitrogens with zero attached hydrogens (tertiary/aromatic N) is 2. The molecule has 2 aliphatic heterocycles. The number of anilines is 1. The van der Waals surface area contributed by atoms with Gasteiger partial charge in [-0.05, 0) is 24.3 Å². The maximum Gasteiger partial charge on any atom is 0.253 e. The van der Waals surface area contributed by atoms with Gasteiger partial charge in [-0.1, -0.05) is 36.4 Å². The van der Waals surface area contributed by atoms with Crippen molar-refractivity contribution in [2.24, 2.45) is 0 Å². The second kappa shape index (κ2) is 8.27. The number of para-hydroxylation sites is 2. The summed E-state index contributed by atoms with van der Waals surface area (Å²) in [5.41, 5.74) is 2.41. The number of ether oxygens (including phenoxy) is 1. The topological polar surface area (TPSA) is 61.9 Å². The average molecular weight is 377 g/mol. The minimum absolute atomic E-state index is 0.0166. The Balaban J connectivity index is 1.29. The molecule has 1 N–H and O–H groups in total. The number of carbonyl (C=O) groups is 2. The summed E-state index contributed by atoms with van der Waals surface area (Å²) in [6.45, 7) is 3.20. The number of hydrogen-bond acceptors (Lipinski definition) is 4. The average Bonchev–Trinajstić information content (AvgIpc) is 2.74. The van der Waals surface area contributed by atoms with E-state index in [9.17, 15) is 9.59 Å². The van der Waals surface area contributed by atoms with Crippen molar-refractivity contribution in [2.75, 3.05) is 44.6 Å². The van der Waals surface area contributed by atoms with Gasteiger partial charge in [0.25, 0.3) is 5.91 Å². The molecule has 0 bridgehead atoms. The van der Waals surface area contributed by atoms with Crippen LogP contribution in [0, 0.1) is 0 Å². The number of carbonyl (C=O) groups excluding carboxylic acids is 2. The van der Waals surface area contributed by atoms with Crippen molar-refractivity contribution in [3.63, 3.8) is 0 Å². The second-order valence-electron chi connectivity index (χ2n) is 6.98. The van der Waals surface area contributed by atoms with Crippen molar-refractivity contribution < 1.29 is 14.3 Å². The van der Waals surface area contributed by atoms with Gasteiger partial charge < -0.3 is 15.0 Å². The lowest BCUT2D eigenvalue weighted by molar-refractivity contribution is -0.129. The van der Waals surface area contributed by atoms with Gasteiger partial charge in [0.2, 0.25) is 5.91 Å². The van der Waals surface area contributed by atoms with E-state index in [2.05, 4.69) is 10.2 Å². The Kier molecular flexibility index (Phi) is 5.39. The molecule has 1 fully saturated rings. The minimum atomic E-state index is -0.0361. The highest BCUT2D eigenvalue weighted by Gasteiger charge is 2.26. The molecule has 0 saturated carbocycles. The van der Waals surface area contributed by atoms with Crippen molar-refractivity contribution in [3.05, 3.63) is 65.7 Å². The van der Waals surface area contributed by atoms with Gasteiger partial charge in [-0.3, -0.25) is 14.5 Å². The van der Waals surface area contributed by atoms with Gasteiger partial charge in [0.1, 0.15) is 12.4 Å². The molecule has 2 aromatic rings. The van der Waals surface area contributed by atoms with E-state index in [1.165, 1.54) is 0 Å². The van der Waals surface area contributed by atoms with Crippen molar-refractivity contribution in [3.8, 4) is 5.75 Å². The minimum Gasteiger partial charge on any atom is -0.488 e. The molecule has 4 rings (SSSR count). The van der Waals surface area contributed by atoms with Crippen LogP contribution in [0.2, 0.25) is 0 Å². The quantitative estimate of drug-likeness (QED) is 0.888. The molecule has 1 saturated heterocycles. The van der Waals surface area contributed by atoms with E-state index in [-0.39, 0.29) is 11.8 Å². The van der Waals surface area contributed by atoms with Crippen LogP contribution in [0.5, 0.6) is 5.75 Å². The molecular weight excluding hydrogens is 354 g/mol. The SMILES string of the molecule is O=C(CN1CCN(C(=O)C2=Cc3ccccc3OC2)CC1)Nc1ccccc1. The Bertz CT molecular complexity index is 887. The standard InChI is InChI=1S/C22H23N3O3/c26-21(23-19-7-2-1-3-8-19)15-24-10-12-25(13-11-24)22(27)18-14-17-6-4-5-9-20(17)28-16-18/h1-9,14H,10-13,15-16H2,(H,23,26). The first-order chi connectivity index (χ1) is 13.7. The lowest BCUT2D eigenvalue weighted by Gasteiger charge is -2.35. The summed E-state index contributed by atoms with van der Waals surface area (Å²) >= 11 is 0. The van der Waals surface area contributed by atoms with E-state index in [1.807, 2.05) is 65.6 Å². The summed E-state index contributed by atoms with van der Waals surface area (Å²) in [6.07, 6.45) is 1.92. The molecule has 0 atom stereocenters. The zero-order chi connectivity index (χ0) is 19.3. The molecule has 0 aliphatic carbocycles. The van der Waals surface area contributed by atoms with Crippen LogP contribution < -0.4 is 10.1 Å². The van der Waals surface area contributed by atoms with E-state index in [0.29, 0.717) is 44.9 Å². The maximum atomic E-state index is 12.8. The van der Waals surface area contributed by atoms with Gasteiger partial charge in [0.15, 0.2) is 0 Å². The van der Waals surface area contributed by atoms with E-state index in [1.54, 1.807) is 0 Å². The molecule has 0 radical (unpaired) electrons. The molecule has 2 aromatic carbocycles. The number of rotatable bonds is 4. The first kappa shape index (κ1) is 18.3. The van der Waals surface area contributed by atoms with Crippen molar-refractivity contribution in [1.82, 2.24) is 9.80 Å². The molecule has 6 heteroatoms. The van der Waals surface area contributed by atoms with E-state index >= 15 is 0 Å². The summed E-state index contributed by atoms with van der Waals surface area (Å²) in [6, 6.07) is 17.1. The molecule has 0 unspecified atom stereocenters. The van der Waals surface area contributed by atoms with Crippen LogP contribution in [0.1, 0.15) is 5.56 Å². The van der Waals surface area contributed by atoms with Crippen LogP contribution in [0.15, 0.2) is 60.2 Å². The fourth-order valence-corrected chi connectivity index (χ4v) is 3.48. The normalized spacial score (nSPS) is 16.6. The lowest BCUT2D eigenvalue weighted by Crippen LogP contribution is -2.51. The van der Waals surface area contributed by atoms with Gasteiger partial charge in [0, 0.05) is 37.4 Å². The predicted molar refractivity (Wildman–Crippen MR) is 108 cm³/mol. The van der Waals surface area contributed by atoms with E-state index in [4.69, 9.17) is 4.74 Å². The Morgan fingerprint density at radius 2 is 1.64 bits per heavy atom. The molecule has 0 aromatic heterocycles. The first-order valence-electron chi connectivity index (χ1n) is 9.48. The van der Waals surface area contributed by atoms with E-state index < -0.39 is 0 Å². The number of fused-ring (bicyclic) bond motifs is 1. The summed E-state index contributed by atoms with van der Waals surface area (Å²) in [7, 11) is 0. The molecule has 144 valence electrons. The largest absolute Gasteiger partial charge is 0.488 e. The first-order valence-corrected chi connectivity index (χ1v) is 9.48. The third-order valence-electron chi connectivity index (χ3n) is 4.99. The number of nitrogens with one attached hydrogen (secondary N) is 1. The van der Waals surface area contributed by atoms with Crippen LogP contribution in [0.25, 0.3) is 6.08 Å². The van der Waals surface area contributed by atoms with Crippen molar-refractivity contribution in [2.45, 2.75) is 0 Å². The van der Waals surface area contributed by atoms with Gasteiger partial charge in [-0.25, -0.2) is 0 Å². The summed E-state index contributed by atoms with van der Waals surface area (Å²) < 4.78 is 5.70. The highest BCUT2D eigenvalue weighted by Crippen LogP contribution is 2.26. The van der Waals surface area contributed by atoms with Gasteiger partial charge in [-0.2, -0.15) is 0 Å². The zero-order valence-electron chi connectivity index (χ0n) is 15.6. The van der Waals surface area contributed by atoms with Crippen LogP contribution in [-0.4, -0.2) is 60.9 Å². The third-order valence-corrected chi connectivity index (χ3v) is 4.99. The number of benzene rings is 2. The molecule has 2 amide bonds. The van der Waals surface area contributed by atoms with Crippen LogP contribution in [0.3, 0.4) is 0 Å². The van der Waals surface area contributed by atoms with Crippen molar-refractivity contribution in [1.29, 1.82) is 0 Å². The summed E-state index contributed by atoms with van der Waals surface area (Å²) in [5, 5.41) is 2.90. The predicted octanol–water partition coefficient (Wildman–Crippen LogP) is 2.25. The Hall–Kier alpha value is -3.12. The van der Waals surface area contributed by atoms with Crippen LogP contribution in [0.4, 0.5) is 5.69 Å². The fraction of sp³-hybridized carbons (Fsp3) is 0.273. The third kappa shape index (κ3) is 4.23. The van der Waals surface area contributed by atoms with Crippen LogP contribution in [-0.2, 0) is 9.59 Å². The number of amides is 2. The highest BCUT2D eigenvalue weighted by molar-refractivity contribution is 5.99. The molecule has 2 aliphatic rings. The number of piperazine rings is 1. The summed E-state index contributed by atoms with van der Waals surface area (Å²) in [5.74, 6) is 0.794. The monoisotopic (exact) mass is 377 g/mol. The Morgan fingerprint density at radius 3 is 2.43 bits per heavy atom. The molecule has 0 spiro atoms. The maximum absolute atomic E-state index is 12.8. The highest BCUT2D eigenvalue weighted by atomic mass is 16.5. The molecule has 2 heterocycles. The van der Waals surface area contributed by atoms with Crippen molar-refractivity contribution >= 4 is 23.6 Å². The smallest absolute Gasteiger partial charge is 0.253 e. The Morgan fingerprint density at radius 1 is 0.929 bits per heavy atom. The van der Waals surface area contributed by atoms with Gasteiger partial charge in [0.05, 0.1) is 12.1 Å².